The zero-order chi connectivity index (χ0) is 20.4. The maximum Gasteiger partial charge on any atom is 0.409 e. The number of hydrogen-bond donors (Lipinski definition) is 1. The van der Waals surface area contributed by atoms with Crippen LogP contribution in [0.15, 0.2) is 35.7 Å². The lowest BCUT2D eigenvalue weighted by atomic mass is 10.1. The van der Waals surface area contributed by atoms with Crippen molar-refractivity contribution in [3.05, 3.63) is 42.0 Å². The number of aliphatic hydroxyl groups excluding tert-OH is 1. The fourth-order valence-corrected chi connectivity index (χ4v) is 3.07. The van der Waals surface area contributed by atoms with Gasteiger partial charge in [-0.2, -0.15) is 0 Å². The van der Waals surface area contributed by atoms with Gasteiger partial charge in [0.25, 0.3) is 0 Å². The Hall–Kier alpha value is -3.27. The van der Waals surface area contributed by atoms with Crippen LogP contribution in [0.4, 0.5) is 15.1 Å². The molecule has 1 amide bonds. The van der Waals surface area contributed by atoms with Gasteiger partial charge in [0.05, 0.1) is 45.6 Å². The molecular weight excluding hydrogens is 381 g/mol. The van der Waals surface area contributed by atoms with Crippen molar-refractivity contribution in [1.82, 2.24) is 14.9 Å². The molecule has 0 radical (unpaired) electrons. The zero-order valence-corrected chi connectivity index (χ0v) is 15.8. The summed E-state index contributed by atoms with van der Waals surface area (Å²) in [4.78, 5) is 28.7. The topological polar surface area (TPSA) is 100 Å². The molecule has 10 heteroatoms. The van der Waals surface area contributed by atoms with Crippen molar-refractivity contribution in [2.45, 2.75) is 12.7 Å². The normalized spacial score (nSPS) is 16.2. The van der Waals surface area contributed by atoms with Gasteiger partial charge in [-0.25, -0.2) is 19.2 Å². The van der Waals surface area contributed by atoms with Crippen LogP contribution < -0.4 is 4.90 Å². The quantitative estimate of drug-likeness (QED) is 0.756. The van der Waals surface area contributed by atoms with Crippen molar-refractivity contribution in [2.24, 2.45) is 5.16 Å². The minimum atomic E-state index is -0.469. The highest BCUT2D eigenvalue weighted by Crippen LogP contribution is 2.25. The second-order valence-corrected chi connectivity index (χ2v) is 6.82. The predicted octanol–water partition coefficient (Wildman–Crippen LogP) is 1.42. The molecule has 152 valence electrons. The van der Waals surface area contributed by atoms with Crippen LogP contribution in [0, 0.1) is 5.82 Å². The van der Waals surface area contributed by atoms with Crippen LogP contribution in [-0.4, -0.2) is 71.2 Å². The molecule has 0 bridgehead atoms. The third kappa shape index (κ3) is 3.83. The Morgan fingerprint density at radius 2 is 2.03 bits per heavy atom. The van der Waals surface area contributed by atoms with Gasteiger partial charge in [-0.1, -0.05) is 23.4 Å². The molecule has 4 rings (SSSR count). The lowest BCUT2D eigenvalue weighted by molar-refractivity contribution is -0.0456. The number of rotatable bonds is 5. The highest BCUT2D eigenvalue weighted by molar-refractivity contribution is 5.98. The lowest BCUT2D eigenvalue weighted by Gasteiger charge is -2.37. The van der Waals surface area contributed by atoms with Crippen molar-refractivity contribution in [3.63, 3.8) is 0 Å². The van der Waals surface area contributed by atoms with Gasteiger partial charge in [-0.15, -0.1) is 0 Å². The summed E-state index contributed by atoms with van der Waals surface area (Å²) in [5.41, 5.74) is 1.98. The molecule has 1 aromatic heterocycles. The molecule has 3 heterocycles. The van der Waals surface area contributed by atoms with Gasteiger partial charge in [0.2, 0.25) is 5.95 Å². The smallest absolute Gasteiger partial charge is 0.409 e. The Labute approximate surface area is 166 Å². The minimum absolute atomic E-state index is 0.115. The molecule has 2 saturated heterocycles. The molecule has 2 aromatic rings. The standard InChI is InChI=1S/C19H20FN5O4/c1-28-19(27)25-9-15(10-25)29-23-14-7-24(8-14)18-21-5-13(6-22-18)16-4-2-3-12(11-26)17(16)20/h2-6,15,26H,7-11H2,1H3. The number of aliphatic hydroxyl groups is 1. The molecule has 29 heavy (non-hydrogen) atoms. The van der Waals surface area contributed by atoms with Gasteiger partial charge in [-0.3, -0.25) is 0 Å². The third-order valence-electron chi connectivity index (χ3n) is 4.84. The highest BCUT2D eigenvalue weighted by Gasteiger charge is 2.34. The molecule has 1 aromatic carbocycles. The Kier molecular flexibility index (Phi) is 5.26. The molecule has 9 nitrogen and oxygen atoms in total. The maximum atomic E-state index is 14.3. The van der Waals surface area contributed by atoms with Crippen molar-refractivity contribution in [2.75, 3.05) is 38.2 Å². The van der Waals surface area contributed by atoms with Gasteiger partial charge in [0.15, 0.2) is 6.10 Å². The number of halogens is 1. The van der Waals surface area contributed by atoms with Gasteiger partial charge in [0.1, 0.15) is 5.82 Å². The summed E-state index contributed by atoms with van der Waals surface area (Å²) in [5.74, 6) is 0.0514. The summed E-state index contributed by atoms with van der Waals surface area (Å²) in [6.45, 7) is 1.65. The fraction of sp³-hybridized carbons (Fsp3) is 0.368. The van der Waals surface area contributed by atoms with Gasteiger partial charge in [0, 0.05) is 29.1 Å². The van der Waals surface area contributed by atoms with E-state index >= 15 is 0 Å². The predicted molar refractivity (Wildman–Crippen MR) is 102 cm³/mol. The second-order valence-electron chi connectivity index (χ2n) is 6.82. The van der Waals surface area contributed by atoms with E-state index in [9.17, 15) is 14.3 Å². The summed E-state index contributed by atoms with van der Waals surface area (Å²) >= 11 is 0. The number of methoxy groups -OCH3 is 1. The molecule has 0 aliphatic carbocycles. The number of benzene rings is 1. The largest absolute Gasteiger partial charge is 0.453 e. The van der Waals surface area contributed by atoms with E-state index in [-0.39, 0.29) is 24.4 Å². The fourth-order valence-electron chi connectivity index (χ4n) is 3.07. The van der Waals surface area contributed by atoms with E-state index in [1.54, 1.807) is 24.5 Å². The van der Waals surface area contributed by atoms with Crippen LogP contribution in [0.1, 0.15) is 5.56 Å². The first-order valence-electron chi connectivity index (χ1n) is 9.09. The Morgan fingerprint density at radius 3 is 2.69 bits per heavy atom. The number of ether oxygens (including phenoxy) is 1. The van der Waals surface area contributed by atoms with Crippen molar-refractivity contribution in [3.8, 4) is 11.1 Å². The molecule has 0 spiro atoms. The SMILES string of the molecule is COC(=O)N1CC(ON=C2CN(c3ncc(-c4cccc(CO)c4F)cn3)C2)C1. The number of carbonyl (C=O) groups excluding carboxylic acids is 1. The van der Waals surface area contributed by atoms with Crippen molar-refractivity contribution < 1.29 is 23.9 Å². The summed E-state index contributed by atoms with van der Waals surface area (Å²) in [6, 6.07) is 4.84. The number of aromatic nitrogens is 2. The third-order valence-corrected chi connectivity index (χ3v) is 4.84. The minimum Gasteiger partial charge on any atom is -0.453 e. The van der Waals surface area contributed by atoms with E-state index in [2.05, 4.69) is 19.9 Å². The highest BCUT2D eigenvalue weighted by atomic mass is 19.1. The number of carbonyl (C=O) groups is 1. The summed E-state index contributed by atoms with van der Waals surface area (Å²) < 4.78 is 19.0. The summed E-state index contributed by atoms with van der Waals surface area (Å²) in [7, 11) is 1.34. The van der Waals surface area contributed by atoms with Gasteiger partial charge in [-0.05, 0) is 0 Å². The Balaban J connectivity index is 1.30. The maximum absolute atomic E-state index is 14.3. The van der Waals surface area contributed by atoms with Crippen LogP contribution in [0.2, 0.25) is 0 Å². The molecule has 1 N–H and O–H groups in total. The zero-order valence-electron chi connectivity index (χ0n) is 15.8. The average molecular weight is 401 g/mol. The number of hydrogen-bond acceptors (Lipinski definition) is 8. The van der Waals surface area contributed by atoms with Gasteiger partial charge < -0.3 is 24.5 Å². The first kappa shape index (κ1) is 19.1. The Bertz CT molecular complexity index is 923. The number of nitrogens with zero attached hydrogens (tertiary/aromatic N) is 5. The molecule has 0 atom stereocenters. The number of anilines is 1. The van der Waals surface area contributed by atoms with Crippen molar-refractivity contribution in [1.29, 1.82) is 0 Å². The number of oxime groups is 1. The molecular formula is C19H20FN5O4. The van der Waals surface area contributed by atoms with E-state index in [1.807, 2.05) is 4.90 Å². The van der Waals surface area contributed by atoms with Crippen LogP contribution >= 0.6 is 0 Å². The second kappa shape index (κ2) is 8.00. The van der Waals surface area contributed by atoms with Crippen LogP contribution in [-0.2, 0) is 16.2 Å². The Morgan fingerprint density at radius 1 is 1.31 bits per heavy atom. The summed E-state index contributed by atoms with van der Waals surface area (Å²) in [5, 5.41) is 13.3. The molecule has 2 aliphatic heterocycles. The van der Waals surface area contributed by atoms with Crippen LogP contribution in [0.5, 0.6) is 0 Å². The van der Waals surface area contributed by atoms with E-state index < -0.39 is 5.82 Å². The molecule has 2 aliphatic rings. The molecule has 0 saturated carbocycles. The van der Waals surface area contributed by atoms with E-state index in [1.165, 1.54) is 18.1 Å². The first-order chi connectivity index (χ1) is 14.1. The van der Waals surface area contributed by atoms with E-state index in [0.29, 0.717) is 43.3 Å². The molecule has 0 unspecified atom stereocenters. The van der Waals surface area contributed by atoms with E-state index in [4.69, 9.17) is 4.84 Å². The van der Waals surface area contributed by atoms with Gasteiger partial charge >= 0.3 is 6.09 Å². The number of amides is 1. The summed E-state index contributed by atoms with van der Waals surface area (Å²) in [6.07, 6.45) is 2.64. The van der Waals surface area contributed by atoms with Crippen molar-refractivity contribution >= 4 is 17.8 Å². The lowest BCUT2D eigenvalue weighted by Crippen LogP contribution is -2.55. The first-order valence-corrected chi connectivity index (χ1v) is 9.09. The van der Waals surface area contributed by atoms with Crippen LogP contribution in [0.3, 0.4) is 0 Å². The molecule has 2 fully saturated rings. The van der Waals surface area contributed by atoms with Crippen LogP contribution in [0.25, 0.3) is 11.1 Å². The number of likely N-dealkylation sites (tertiary alicyclic amines) is 1. The van der Waals surface area contributed by atoms with E-state index in [0.717, 1.165) is 5.71 Å². The average Bonchev–Trinajstić information content (AvgIpc) is 2.68. The monoisotopic (exact) mass is 401 g/mol.